The molecule has 0 bridgehead atoms. The zero-order valence-corrected chi connectivity index (χ0v) is 8.70. The first-order valence-corrected chi connectivity index (χ1v) is 5.22. The smallest absolute Gasteiger partial charge is 0.132 e. The zero-order chi connectivity index (χ0) is 10.1. The van der Waals surface area contributed by atoms with Crippen LogP contribution >= 0.6 is 22.9 Å². The van der Waals surface area contributed by atoms with Crippen molar-refractivity contribution in [3.63, 3.8) is 0 Å². The van der Waals surface area contributed by atoms with Gasteiger partial charge in [-0.05, 0) is 29.6 Å². The molecule has 0 amide bonds. The molecule has 1 aromatic carbocycles. The molecule has 2 aromatic rings. The molecule has 0 unspecified atom stereocenters. The van der Waals surface area contributed by atoms with Crippen LogP contribution in [0.1, 0.15) is 0 Å². The average Bonchev–Trinajstić information content (AvgIpc) is 2.56. The third-order valence-corrected chi connectivity index (χ3v) is 3.23. The van der Waals surface area contributed by atoms with Crippen molar-refractivity contribution >= 4 is 28.6 Å². The Morgan fingerprint density at radius 3 is 2.71 bits per heavy atom. The van der Waals surface area contributed by atoms with Crippen molar-refractivity contribution in [1.29, 1.82) is 0 Å². The van der Waals surface area contributed by atoms with Crippen molar-refractivity contribution in [2.75, 3.05) is 5.73 Å². The molecule has 72 valence electrons. The van der Waals surface area contributed by atoms with Crippen molar-refractivity contribution in [3.05, 3.63) is 40.5 Å². The lowest BCUT2D eigenvalue weighted by Gasteiger charge is -2.02. The molecule has 4 heteroatoms. The summed E-state index contributed by atoms with van der Waals surface area (Å²) in [5.74, 6) is -0.302. The predicted octanol–water partition coefficient (Wildman–Crippen LogP) is 3.79. The van der Waals surface area contributed by atoms with E-state index < -0.39 is 0 Å². The normalized spacial score (nSPS) is 10.4. The lowest BCUT2D eigenvalue weighted by atomic mass is 10.1. The maximum absolute atomic E-state index is 13.4. The molecule has 0 aliphatic heterocycles. The quantitative estimate of drug-likeness (QED) is 0.737. The Morgan fingerprint density at radius 1 is 1.29 bits per heavy atom. The topological polar surface area (TPSA) is 26.0 Å². The van der Waals surface area contributed by atoms with Crippen LogP contribution in [-0.4, -0.2) is 0 Å². The molecular formula is C10H7ClFNS. The molecule has 0 aliphatic carbocycles. The molecular weight excluding hydrogens is 221 g/mol. The molecule has 0 spiro atoms. The monoisotopic (exact) mass is 227 g/mol. The first-order chi connectivity index (χ1) is 6.68. The van der Waals surface area contributed by atoms with E-state index in [0.29, 0.717) is 16.3 Å². The van der Waals surface area contributed by atoms with Crippen LogP contribution in [0.25, 0.3) is 10.4 Å². The van der Waals surface area contributed by atoms with Crippen molar-refractivity contribution in [2.45, 2.75) is 0 Å². The van der Waals surface area contributed by atoms with Crippen molar-refractivity contribution in [1.82, 2.24) is 0 Å². The van der Waals surface area contributed by atoms with Crippen molar-refractivity contribution in [3.8, 4) is 10.4 Å². The molecule has 0 aliphatic rings. The Kier molecular flexibility index (Phi) is 2.44. The van der Waals surface area contributed by atoms with Gasteiger partial charge in [-0.25, -0.2) is 4.39 Å². The minimum Gasteiger partial charge on any atom is -0.399 e. The predicted molar refractivity (Wildman–Crippen MR) is 59.1 cm³/mol. The second-order valence-electron chi connectivity index (χ2n) is 2.84. The third kappa shape index (κ3) is 1.61. The van der Waals surface area contributed by atoms with Gasteiger partial charge in [-0.15, -0.1) is 11.3 Å². The fraction of sp³-hybridized carbons (Fsp3) is 0. The van der Waals surface area contributed by atoms with E-state index in [9.17, 15) is 4.39 Å². The number of nitrogen functional groups attached to an aromatic ring is 1. The summed E-state index contributed by atoms with van der Waals surface area (Å²) in [6.45, 7) is 0. The summed E-state index contributed by atoms with van der Waals surface area (Å²) in [5.41, 5.74) is 6.57. The van der Waals surface area contributed by atoms with Crippen LogP contribution in [0.15, 0.2) is 29.6 Å². The van der Waals surface area contributed by atoms with Crippen LogP contribution in [0.5, 0.6) is 0 Å². The number of anilines is 1. The number of benzene rings is 1. The highest BCUT2D eigenvalue weighted by Gasteiger charge is 2.10. The summed E-state index contributed by atoms with van der Waals surface area (Å²) >= 11 is 7.30. The molecule has 1 heterocycles. The van der Waals surface area contributed by atoms with Crippen molar-refractivity contribution < 1.29 is 4.39 Å². The SMILES string of the molecule is Nc1ccc(F)c(-c2sccc2Cl)c1. The summed E-state index contributed by atoms with van der Waals surface area (Å²) in [4.78, 5) is 0.719. The van der Waals surface area contributed by atoms with Crippen LogP contribution in [0.2, 0.25) is 5.02 Å². The summed E-state index contributed by atoms with van der Waals surface area (Å²) in [7, 11) is 0. The van der Waals surface area contributed by atoms with Gasteiger partial charge >= 0.3 is 0 Å². The average molecular weight is 228 g/mol. The van der Waals surface area contributed by atoms with Gasteiger partial charge in [0, 0.05) is 11.3 Å². The molecule has 1 aromatic heterocycles. The van der Waals surface area contributed by atoms with Crippen LogP contribution in [0, 0.1) is 5.82 Å². The molecule has 1 nitrogen and oxygen atoms in total. The molecule has 0 fully saturated rings. The Bertz CT molecular complexity index is 467. The standard InChI is InChI=1S/C10H7ClFNS/c11-8-3-4-14-10(8)7-5-6(13)1-2-9(7)12/h1-5H,13H2. The van der Waals surface area contributed by atoms with Crippen LogP contribution in [0.3, 0.4) is 0 Å². The summed E-state index contributed by atoms with van der Waals surface area (Å²) in [5, 5.41) is 2.37. The van der Waals surface area contributed by atoms with Gasteiger partial charge in [-0.2, -0.15) is 0 Å². The Morgan fingerprint density at radius 2 is 2.07 bits per heavy atom. The summed E-state index contributed by atoms with van der Waals surface area (Å²) in [6.07, 6.45) is 0. The fourth-order valence-corrected chi connectivity index (χ4v) is 2.38. The van der Waals surface area contributed by atoms with Gasteiger partial charge in [0.15, 0.2) is 0 Å². The first-order valence-electron chi connectivity index (χ1n) is 3.97. The van der Waals surface area contributed by atoms with Crippen LogP contribution in [-0.2, 0) is 0 Å². The van der Waals surface area contributed by atoms with Crippen molar-refractivity contribution in [2.24, 2.45) is 0 Å². The number of rotatable bonds is 1. The summed E-state index contributed by atoms with van der Waals surface area (Å²) in [6, 6.07) is 6.21. The lowest BCUT2D eigenvalue weighted by molar-refractivity contribution is 0.632. The van der Waals surface area contributed by atoms with Gasteiger partial charge in [0.2, 0.25) is 0 Å². The highest BCUT2D eigenvalue weighted by molar-refractivity contribution is 7.14. The van der Waals surface area contributed by atoms with Crippen LogP contribution < -0.4 is 5.73 Å². The van der Waals surface area contributed by atoms with E-state index >= 15 is 0 Å². The molecule has 2 N–H and O–H groups in total. The fourth-order valence-electron chi connectivity index (χ4n) is 1.20. The molecule has 0 radical (unpaired) electrons. The maximum Gasteiger partial charge on any atom is 0.132 e. The van der Waals surface area contributed by atoms with E-state index in [1.165, 1.54) is 23.5 Å². The van der Waals surface area contributed by atoms with E-state index in [2.05, 4.69) is 0 Å². The first kappa shape index (κ1) is 9.49. The van der Waals surface area contributed by atoms with Gasteiger partial charge in [0.1, 0.15) is 5.82 Å². The van der Waals surface area contributed by atoms with E-state index in [0.717, 1.165) is 4.88 Å². The second kappa shape index (κ2) is 3.59. The second-order valence-corrected chi connectivity index (χ2v) is 4.16. The Balaban J connectivity index is 2.62. The maximum atomic E-state index is 13.4. The largest absolute Gasteiger partial charge is 0.399 e. The molecule has 0 saturated heterocycles. The lowest BCUT2D eigenvalue weighted by Crippen LogP contribution is -1.88. The van der Waals surface area contributed by atoms with E-state index in [4.69, 9.17) is 17.3 Å². The molecule has 2 rings (SSSR count). The minimum absolute atomic E-state index is 0.302. The highest BCUT2D eigenvalue weighted by Crippen LogP contribution is 2.35. The van der Waals surface area contributed by atoms with E-state index in [1.54, 1.807) is 12.1 Å². The Hall–Kier alpha value is -1.06. The molecule has 0 atom stereocenters. The Labute approximate surface area is 89.9 Å². The number of hydrogen-bond acceptors (Lipinski definition) is 2. The third-order valence-electron chi connectivity index (χ3n) is 1.85. The molecule has 0 saturated carbocycles. The number of nitrogens with two attached hydrogens (primary N) is 1. The zero-order valence-electron chi connectivity index (χ0n) is 7.13. The number of thiophene rings is 1. The van der Waals surface area contributed by atoms with Crippen LogP contribution in [0.4, 0.5) is 10.1 Å². The van der Waals surface area contributed by atoms with Gasteiger partial charge in [-0.3, -0.25) is 0 Å². The number of halogens is 2. The summed E-state index contributed by atoms with van der Waals surface area (Å²) < 4.78 is 13.4. The van der Waals surface area contributed by atoms with Gasteiger partial charge in [0.05, 0.1) is 9.90 Å². The number of hydrogen-bond donors (Lipinski definition) is 1. The van der Waals surface area contributed by atoms with E-state index in [1.807, 2.05) is 5.38 Å². The van der Waals surface area contributed by atoms with Gasteiger partial charge in [0.25, 0.3) is 0 Å². The molecule has 14 heavy (non-hydrogen) atoms. The van der Waals surface area contributed by atoms with Gasteiger partial charge < -0.3 is 5.73 Å². The van der Waals surface area contributed by atoms with E-state index in [-0.39, 0.29) is 5.82 Å². The minimum atomic E-state index is -0.302. The van der Waals surface area contributed by atoms with Gasteiger partial charge in [-0.1, -0.05) is 11.6 Å². The highest BCUT2D eigenvalue weighted by atomic mass is 35.5.